The van der Waals surface area contributed by atoms with E-state index >= 15 is 0 Å². The third kappa shape index (κ3) is 1.38. The third-order valence-electron chi connectivity index (χ3n) is 2.46. The van der Waals surface area contributed by atoms with Crippen LogP contribution in [0.2, 0.25) is 0 Å². The van der Waals surface area contributed by atoms with Crippen molar-refractivity contribution in [1.29, 1.82) is 0 Å². The largest absolute Gasteiger partial charge is 0.506 e. The fourth-order valence-corrected chi connectivity index (χ4v) is 1.68. The molecule has 0 aliphatic carbocycles. The number of aromatic nitrogens is 1. The second-order valence-corrected chi connectivity index (χ2v) is 3.87. The Kier molecular flexibility index (Phi) is 2.00. The Bertz CT molecular complexity index is 514. The zero-order chi connectivity index (χ0) is 11.2. The second-order valence-electron chi connectivity index (χ2n) is 3.87. The number of phenolic OH excluding ortho intramolecular Hbond substituents is 2. The molecule has 0 aliphatic heterocycles. The van der Waals surface area contributed by atoms with Crippen molar-refractivity contribution in [2.24, 2.45) is 0 Å². The summed E-state index contributed by atoms with van der Waals surface area (Å²) in [5.41, 5.74) is 0.706. The third-order valence-corrected chi connectivity index (χ3v) is 2.46. The molecule has 4 nitrogen and oxygen atoms in total. The van der Waals surface area contributed by atoms with Crippen LogP contribution in [0.3, 0.4) is 0 Å². The van der Waals surface area contributed by atoms with Crippen LogP contribution < -0.4 is 0 Å². The van der Waals surface area contributed by atoms with Crippen molar-refractivity contribution in [3.63, 3.8) is 0 Å². The van der Waals surface area contributed by atoms with Gasteiger partial charge in [0, 0.05) is 23.7 Å². The number of aromatic hydroxyl groups is 3. The van der Waals surface area contributed by atoms with Gasteiger partial charge in [-0.1, -0.05) is 0 Å². The Morgan fingerprint density at radius 2 is 1.60 bits per heavy atom. The predicted molar refractivity (Wildman–Crippen MR) is 57.3 cm³/mol. The van der Waals surface area contributed by atoms with Crippen molar-refractivity contribution in [3.05, 3.63) is 18.3 Å². The SMILES string of the molecule is CC(C)n1cc(O)c2cc(O)c(O)cc21. The highest BCUT2D eigenvalue weighted by Gasteiger charge is 2.12. The molecule has 0 fully saturated rings. The van der Waals surface area contributed by atoms with E-state index in [2.05, 4.69) is 0 Å². The van der Waals surface area contributed by atoms with Gasteiger partial charge < -0.3 is 19.9 Å². The van der Waals surface area contributed by atoms with Crippen LogP contribution in [0, 0.1) is 0 Å². The molecule has 0 spiro atoms. The van der Waals surface area contributed by atoms with Crippen LogP contribution in [0.15, 0.2) is 18.3 Å². The first-order valence-corrected chi connectivity index (χ1v) is 4.76. The van der Waals surface area contributed by atoms with Gasteiger partial charge in [0.25, 0.3) is 0 Å². The van der Waals surface area contributed by atoms with E-state index in [4.69, 9.17) is 0 Å². The number of fused-ring (bicyclic) bond motifs is 1. The van der Waals surface area contributed by atoms with Crippen molar-refractivity contribution in [3.8, 4) is 17.2 Å². The number of nitrogens with zero attached hydrogens (tertiary/aromatic N) is 1. The van der Waals surface area contributed by atoms with Gasteiger partial charge in [-0.3, -0.25) is 0 Å². The van der Waals surface area contributed by atoms with Crippen molar-refractivity contribution in [2.75, 3.05) is 0 Å². The van der Waals surface area contributed by atoms with Crippen LogP contribution in [-0.4, -0.2) is 19.9 Å². The zero-order valence-electron chi connectivity index (χ0n) is 8.60. The van der Waals surface area contributed by atoms with Gasteiger partial charge in [-0.05, 0) is 19.9 Å². The standard InChI is InChI=1S/C11H13NO3/c1-6(2)12-5-11(15)7-3-9(13)10(14)4-8(7)12/h3-6,13-15H,1-2H3. The number of rotatable bonds is 1. The summed E-state index contributed by atoms with van der Waals surface area (Å²) in [6.07, 6.45) is 1.59. The lowest BCUT2D eigenvalue weighted by atomic mass is 10.2. The lowest BCUT2D eigenvalue weighted by Crippen LogP contribution is -1.97. The molecule has 0 amide bonds. The van der Waals surface area contributed by atoms with Gasteiger partial charge in [0.1, 0.15) is 5.75 Å². The van der Waals surface area contributed by atoms with Crippen LogP contribution in [-0.2, 0) is 0 Å². The molecule has 0 atom stereocenters. The van der Waals surface area contributed by atoms with E-state index in [1.54, 1.807) is 6.20 Å². The molecule has 2 rings (SSSR count). The molecule has 1 aromatic heterocycles. The normalized spacial score (nSPS) is 11.4. The van der Waals surface area contributed by atoms with Crippen LogP contribution in [0.1, 0.15) is 19.9 Å². The summed E-state index contributed by atoms with van der Waals surface area (Å²) < 4.78 is 1.84. The summed E-state index contributed by atoms with van der Waals surface area (Å²) in [7, 11) is 0. The Morgan fingerprint density at radius 3 is 2.20 bits per heavy atom. The van der Waals surface area contributed by atoms with Gasteiger partial charge in [-0.2, -0.15) is 0 Å². The summed E-state index contributed by atoms with van der Waals surface area (Å²) in [4.78, 5) is 0. The van der Waals surface area contributed by atoms with Crippen LogP contribution in [0.4, 0.5) is 0 Å². The summed E-state index contributed by atoms with van der Waals surface area (Å²) in [6, 6.07) is 2.99. The molecule has 0 saturated carbocycles. The molecule has 0 aliphatic rings. The number of hydrogen-bond acceptors (Lipinski definition) is 3. The maximum absolute atomic E-state index is 9.64. The average Bonchev–Trinajstić information content (AvgIpc) is 2.45. The Morgan fingerprint density at radius 1 is 1.00 bits per heavy atom. The number of phenols is 2. The van der Waals surface area contributed by atoms with Gasteiger partial charge in [-0.25, -0.2) is 0 Å². The molecule has 4 heteroatoms. The topological polar surface area (TPSA) is 65.6 Å². The van der Waals surface area contributed by atoms with Crippen LogP contribution in [0.5, 0.6) is 17.2 Å². The van der Waals surface area contributed by atoms with Crippen molar-refractivity contribution in [1.82, 2.24) is 4.57 Å². The van der Waals surface area contributed by atoms with Gasteiger partial charge in [-0.15, -0.1) is 0 Å². The molecule has 0 unspecified atom stereocenters. The minimum absolute atomic E-state index is 0.106. The molecule has 1 heterocycles. The predicted octanol–water partition coefficient (Wildman–Crippen LogP) is 2.34. The first-order chi connectivity index (χ1) is 7.00. The molecular weight excluding hydrogens is 194 g/mol. The van der Waals surface area contributed by atoms with Crippen LogP contribution >= 0.6 is 0 Å². The molecule has 0 saturated heterocycles. The summed E-state index contributed by atoms with van der Waals surface area (Å²) in [5.74, 6) is -0.296. The molecule has 0 radical (unpaired) electrons. The van der Waals surface area contributed by atoms with E-state index in [1.165, 1.54) is 12.1 Å². The van der Waals surface area contributed by atoms with Gasteiger partial charge in [0.2, 0.25) is 0 Å². The highest BCUT2D eigenvalue weighted by Crippen LogP contribution is 2.36. The first kappa shape index (κ1) is 9.71. The first-order valence-electron chi connectivity index (χ1n) is 4.76. The Hall–Kier alpha value is -1.84. The highest BCUT2D eigenvalue weighted by molar-refractivity contribution is 5.89. The maximum Gasteiger partial charge on any atom is 0.159 e. The van der Waals surface area contributed by atoms with E-state index in [-0.39, 0.29) is 23.3 Å². The van der Waals surface area contributed by atoms with Crippen molar-refractivity contribution >= 4 is 10.9 Å². The maximum atomic E-state index is 9.64. The van der Waals surface area contributed by atoms with E-state index in [9.17, 15) is 15.3 Å². The molecule has 2 aromatic rings. The quantitative estimate of drug-likeness (QED) is 0.629. The van der Waals surface area contributed by atoms with Crippen molar-refractivity contribution < 1.29 is 15.3 Å². The van der Waals surface area contributed by atoms with Crippen LogP contribution in [0.25, 0.3) is 10.9 Å². The molecular formula is C11H13NO3. The number of benzene rings is 1. The highest BCUT2D eigenvalue weighted by atomic mass is 16.3. The Labute approximate surface area is 87.0 Å². The average molecular weight is 207 g/mol. The van der Waals surface area contributed by atoms with Gasteiger partial charge >= 0.3 is 0 Å². The fraction of sp³-hybridized carbons (Fsp3) is 0.273. The molecule has 0 bridgehead atoms. The molecule has 80 valence electrons. The van der Waals surface area contributed by atoms with E-state index < -0.39 is 0 Å². The minimum atomic E-state index is -0.223. The van der Waals surface area contributed by atoms with E-state index in [0.717, 1.165) is 0 Å². The fourth-order valence-electron chi connectivity index (χ4n) is 1.68. The lowest BCUT2D eigenvalue weighted by Gasteiger charge is -2.08. The van der Waals surface area contributed by atoms with Crippen molar-refractivity contribution in [2.45, 2.75) is 19.9 Å². The second kappa shape index (κ2) is 3.08. The summed E-state index contributed by atoms with van der Waals surface area (Å²) in [6.45, 7) is 3.95. The summed E-state index contributed by atoms with van der Waals surface area (Å²) in [5, 5.41) is 28.9. The molecule has 3 N–H and O–H groups in total. The number of hydrogen-bond donors (Lipinski definition) is 3. The van der Waals surface area contributed by atoms with E-state index in [1.807, 2.05) is 18.4 Å². The minimum Gasteiger partial charge on any atom is -0.506 e. The monoisotopic (exact) mass is 207 g/mol. The Balaban J connectivity index is 2.82. The molecule has 1 aromatic carbocycles. The van der Waals surface area contributed by atoms with Gasteiger partial charge in [0.05, 0.1) is 5.52 Å². The van der Waals surface area contributed by atoms with E-state index in [0.29, 0.717) is 10.9 Å². The lowest BCUT2D eigenvalue weighted by molar-refractivity contribution is 0.404. The molecule has 15 heavy (non-hydrogen) atoms. The zero-order valence-corrected chi connectivity index (χ0v) is 8.60. The smallest absolute Gasteiger partial charge is 0.159 e. The summed E-state index contributed by atoms with van der Waals surface area (Å²) >= 11 is 0. The van der Waals surface area contributed by atoms with Gasteiger partial charge in [0.15, 0.2) is 11.5 Å².